The fraction of sp³-hybridized carbons (Fsp3) is 0.588. The van der Waals surface area contributed by atoms with Gasteiger partial charge < -0.3 is 9.84 Å². The summed E-state index contributed by atoms with van der Waals surface area (Å²) in [6.45, 7) is 8.74. The lowest BCUT2D eigenvalue weighted by molar-refractivity contribution is -0.0776. The Bertz CT molecular complexity index is 647. The molecule has 0 aliphatic carbocycles. The molecule has 0 bridgehead atoms. The maximum Gasteiger partial charge on any atom is 0.204 e. The molecule has 7 nitrogen and oxygen atoms in total. The van der Waals surface area contributed by atoms with E-state index in [-0.39, 0.29) is 12.2 Å². The highest BCUT2D eigenvalue weighted by Gasteiger charge is 2.24. The van der Waals surface area contributed by atoms with E-state index in [0.29, 0.717) is 18.9 Å². The summed E-state index contributed by atoms with van der Waals surface area (Å²) in [5.74, 6) is 0.579. The molecule has 0 amide bonds. The van der Waals surface area contributed by atoms with E-state index < -0.39 is 6.10 Å². The minimum Gasteiger partial charge on any atom is -0.390 e. The summed E-state index contributed by atoms with van der Waals surface area (Å²) in [4.78, 5) is 3.69. The van der Waals surface area contributed by atoms with E-state index in [4.69, 9.17) is 4.74 Å². The first-order chi connectivity index (χ1) is 11.5. The summed E-state index contributed by atoms with van der Waals surface area (Å²) < 4.78 is 5.71. The van der Waals surface area contributed by atoms with E-state index in [0.717, 1.165) is 18.7 Å². The van der Waals surface area contributed by atoms with Gasteiger partial charge in [0.2, 0.25) is 5.82 Å². The Morgan fingerprint density at radius 2 is 1.83 bits per heavy atom. The van der Waals surface area contributed by atoms with E-state index in [1.807, 2.05) is 31.2 Å². The molecule has 2 heterocycles. The van der Waals surface area contributed by atoms with Crippen molar-refractivity contribution in [2.24, 2.45) is 0 Å². The molecule has 0 spiro atoms. The van der Waals surface area contributed by atoms with Crippen molar-refractivity contribution in [3.63, 3.8) is 0 Å². The van der Waals surface area contributed by atoms with Crippen LogP contribution in [-0.2, 0) is 11.3 Å². The van der Waals surface area contributed by atoms with Gasteiger partial charge >= 0.3 is 0 Å². The Kier molecular flexibility index (Phi) is 5.23. The smallest absolute Gasteiger partial charge is 0.204 e. The van der Waals surface area contributed by atoms with E-state index in [9.17, 15) is 5.11 Å². The molecule has 2 aromatic rings. The minimum atomic E-state index is -0.539. The number of tetrazole rings is 1. The predicted octanol–water partition coefficient (Wildman–Crippen LogP) is 1.12. The van der Waals surface area contributed by atoms with Gasteiger partial charge in [0.15, 0.2) is 0 Å². The molecule has 7 heteroatoms. The third-order valence-electron chi connectivity index (χ3n) is 4.10. The first-order valence-corrected chi connectivity index (χ1v) is 8.40. The molecule has 1 fully saturated rings. The van der Waals surface area contributed by atoms with Gasteiger partial charge in [-0.05, 0) is 26.0 Å². The SMILES string of the molecule is Cc1ccc(-c2nnn(CC(O)CN3CC(C)OC(C)C3)n2)cc1. The molecular weight excluding hydrogens is 306 g/mol. The van der Waals surface area contributed by atoms with Crippen LogP contribution >= 0.6 is 0 Å². The van der Waals surface area contributed by atoms with E-state index >= 15 is 0 Å². The second-order valence-corrected chi connectivity index (χ2v) is 6.66. The van der Waals surface area contributed by atoms with Crippen molar-refractivity contribution >= 4 is 0 Å². The Morgan fingerprint density at radius 1 is 1.17 bits per heavy atom. The molecule has 1 aromatic carbocycles. The number of ether oxygens (including phenoxy) is 1. The standard InChI is InChI=1S/C17H25N5O2/c1-12-4-6-15(7-5-12)17-18-20-22(19-17)11-16(23)10-21-8-13(2)24-14(3)9-21/h4-7,13-14,16,23H,8-11H2,1-3H3. The lowest BCUT2D eigenvalue weighted by atomic mass is 10.1. The highest BCUT2D eigenvalue weighted by molar-refractivity contribution is 5.53. The fourth-order valence-electron chi connectivity index (χ4n) is 3.12. The van der Waals surface area contributed by atoms with Gasteiger partial charge in [0.05, 0.1) is 24.9 Å². The molecule has 24 heavy (non-hydrogen) atoms. The molecule has 1 aromatic heterocycles. The number of hydrogen-bond acceptors (Lipinski definition) is 6. The van der Waals surface area contributed by atoms with Crippen LogP contribution in [0.15, 0.2) is 24.3 Å². The van der Waals surface area contributed by atoms with Gasteiger partial charge in [-0.1, -0.05) is 29.8 Å². The molecule has 1 saturated heterocycles. The molecular formula is C17H25N5O2. The van der Waals surface area contributed by atoms with Crippen molar-refractivity contribution in [2.45, 2.75) is 45.6 Å². The summed E-state index contributed by atoms with van der Waals surface area (Å²) in [5, 5.41) is 22.8. The second-order valence-electron chi connectivity index (χ2n) is 6.66. The minimum absolute atomic E-state index is 0.193. The zero-order valence-corrected chi connectivity index (χ0v) is 14.5. The predicted molar refractivity (Wildman–Crippen MR) is 90.4 cm³/mol. The number of rotatable bonds is 5. The van der Waals surface area contributed by atoms with Crippen LogP contribution < -0.4 is 0 Å². The van der Waals surface area contributed by atoms with Gasteiger partial charge in [-0.3, -0.25) is 4.90 Å². The lowest BCUT2D eigenvalue weighted by Crippen LogP contribution is -2.48. The molecule has 0 radical (unpaired) electrons. The fourth-order valence-corrected chi connectivity index (χ4v) is 3.12. The number of morpholine rings is 1. The summed E-state index contributed by atoms with van der Waals surface area (Å²) in [6, 6.07) is 7.99. The summed E-state index contributed by atoms with van der Waals surface area (Å²) >= 11 is 0. The largest absolute Gasteiger partial charge is 0.390 e. The number of aryl methyl sites for hydroxylation is 1. The van der Waals surface area contributed by atoms with Crippen LogP contribution in [0.5, 0.6) is 0 Å². The van der Waals surface area contributed by atoms with E-state index in [1.165, 1.54) is 10.4 Å². The van der Waals surface area contributed by atoms with Crippen molar-refractivity contribution in [2.75, 3.05) is 19.6 Å². The summed E-state index contributed by atoms with van der Waals surface area (Å²) in [6.07, 6.45) is -0.153. The number of nitrogens with zero attached hydrogens (tertiary/aromatic N) is 5. The van der Waals surface area contributed by atoms with Gasteiger partial charge in [0, 0.05) is 25.2 Å². The first kappa shape index (κ1) is 17.0. The third kappa shape index (κ3) is 4.37. The molecule has 1 aliphatic heterocycles. The highest BCUT2D eigenvalue weighted by atomic mass is 16.5. The quantitative estimate of drug-likeness (QED) is 0.885. The number of benzene rings is 1. The lowest BCUT2D eigenvalue weighted by Gasteiger charge is -2.36. The maximum absolute atomic E-state index is 10.3. The van der Waals surface area contributed by atoms with Crippen LogP contribution in [0.1, 0.15) is 19.4 Å². The van der Waals surface area contributed by atoms with Gasteiger partial charge in [0.1, 0.15) is 0 Å². The molecule has 3 rings (SSSR count). The normalized spacial score (nSPS) is 23.3. The highest BCUT2D eigenvalue weighted by Crippen LogP contribution is 2.14. The average Bonchev–Trinajstić information content (AvgIpc) is 2.95. The number of aromatic nitrogens is 4. The Balaban J connectivity index is 1.57. The second kappa shape index (κ2) is 7.38. The van der Waals surface area contributed by atoms with Crippen molar-refractivity contribution in [3.05, 3.63) is 29.8 Å². The van der Waals surface area contributed by atoms with Gasteiger partial charge in [-0.2, -0.15) is 4.80 Å². The number of β-amino-alcohol motifs (C(OH)–C–C–N with tert-alkyl or cyclic N) is 1. The number of aliphatic hydroxyl groups is 1. The maximum atomic E-state index is 10.3. The molecule has 3 unspecified atom stereocenters. The molecule has 130 valence electrons. The van der Waals surface area contributed by atoms with Crippen molar-refractivity contribution in [1.29, 1.82) is 0 Å². The van der Waals surface area contributed by atoms with Crippen LogP contribution in [0, 0.1) is 6.92 Å². The van der Waals surface area contributed by atoms with Crippen molar-refractivity contribution < 1.29 is 9.84 Å². The Morgan fingerprint density at radius 3 is 2.50 bits per heavy atom. The van der Waals surface area contributed by atoms with Crippen LogP contribution in [-0.4, -0.2) is 68.2 Å². The summed E-state index contributed by atoms with van der Waals surface area (Å²) in [5.41, 5.74) is 2.12. The van der Waals surface area contributed by atoms with Gasteiger partial charge in [0.25, 0.3) is 0 Å². The Labute approximate surface area is 142 Å². The molecule has 1 aliphatic rings. The monoisotopic (exact) mass is 331 g/mol. The van der Waals surface area contributed by atoms with Crippen molar-refractivity contribution in [1.82, 2.24) is 25.1 Å². The molecule has 3 atom stereocenters. The topological polar surface area (TPSA) is 76.3 Å². The van der Waals surface area contributed by atoms with Crippen LogP contribution in [0.4, 0.5) is 0 Å². The van der Waals surface area contributed by atoms with E-state index in [2.05, 4.69) is 34.2 Å². The molecule has 0 saturated carbocycles. The first-order valence-electron chi connectivity index (χ1n) is 8.40. The van der Waals surface area contributed by atoms with Crippen LogP contribution in [0.2, 0.25) is 0 Å². The van der Waals surface area contributed by atoms with Crippen LogP contribution in [0.3, 0.4) is 0 Å². The zero-order chi connectivity index (χ0) is 17.1. The summed E-state index contributed by atoms with van der Waals surface area (Å²) in [7, 11) is 0. The molecule has 1 N–H and O–H groups in total. The number of hydrogen-bond donors (Lipinski definition) is 1. The Hall–Kier alpha value is -1.83. The van der Waals surface area contributed by atoms with Gasteiger partial charge in [-0.25, -0.2) is 0 Å². The number of aliphatic hydroxyl groups excluding tert-OH is 1. The third-order valence-corrected chi connectivity index (χ3v) is 4.10. The van der Waals surface area contributed by atoms with E-state index in [1.54, 1.807) is 0 Å². The van der Waals surface area contributed by atoms with Crippen LogP contribution in [0.25, 0.3) is 11.4 Å². The van der Waals surface area contributed by atoms with Gasteiger partial charge in [-0.15, -0.1) is 10.2 Å². The average molecular weight is 331 g/mol. The van der Waals surface area contributed by atoms with Crippen molar-refractivity contribution in [3.8, 4) is 11.4 Å². The zero-order valence-electron chi connectivity index (χ0n) is 14.5.